The average Bonchev–Trinajstić information content (AvgIpc) is 2.48. The fourth-order valence-electron chi connectivity index (χ4n) is 1.73. The molecule has 0 fully saturated rings. The van der Waals surface area contributed by atoms with Gasteiger partial charge in [-0.1, -0.05) is 66.7 Å². The van der Waals surface area contributed by atoms with Crippen molar-refractivity contribution in [3.05, 3.63) is 78.9 Å². The Bertz CT molecular complexity index is 715. The molecule has 0 aliphatic carbocycles. The van der Waals surface area contributed by atoms with Gasteiger partial charge in [0.25, 0.3) is 10.1 Å². The summed E-state index contributed by atoms with van der Waals surface area (Å²) >= 11 is 0. The minimum absolute atomic E-state index is 0.0741. The Kier molecular flexibility index (Phi) is 4.50. The van der Waals surface area contributed by atoms with Crippen LogP contribution in [0, 0.1) is 0 Å². The summed E-state index contributed by atoms with van der Waals surface area (Å²) in [6, 6.07) is 24.1. The van der Waals surface area contributed by atoms with Crippen molar-refractivity contribution in [2.24, 2.45) is 0 Å². The first-order valence-corrected chi connectivity index (χ1v) is 7.48. The lowest BCUT2D eigenvalue weighted by atomic mass is 10.1. The van der Waals surface area contributed by atoms with Crippen LogP contribution in [0.4, 0.5) is 0 Å². The molecule has 0 saturated heterocycles. The van der Waals surface area contributed by atoms with Gasteiger partial charge in [-0.25, -0.2) is 0 Å². The molecule has 0 aromatic heterocycles. The SMILES string of the molecule is O=S(=O)(O)c1ccccc1.c1ccc2ccccc2c1. The molecule has 4 heteroatoms. The van der Waals surface area contributed by atoms with Crippen LogP contribution in [-0.2, 0) is 10.1 Å². The summed E-state index contributed by atoms with van der Waals surface area (Å²) in [5, 5.41) is 2.62. The van der Waals surface area contributed by atoms with Gasteiger partial charge in [-0.3, -0.25) is 4.55 Å². The van der Waals surface area contributed by atoms with E-state index in [4.69, 9.17) is 4.55 Å². The second-order valence-corrected chi connectivity index (χ2v) is 5.56. The van der Waals surface area contributed by atoms with Crippen LogP contribution < -0.4 is 0 Å². The Balaban J connectivity index is 0.000000147. The van der Waals surface area contributed by atoms with Crippen molar-refractivity contribution in [3.63, 3.8) is 0 Å². The first-order valence-electron chi connectivity index (χ1n) is 6.04. The van der Waals surface area contributed by atoms with E-state index < -0.39 is 10.1 Å². The lowest BCUT2D eigenvalue weighted by Gasteiger charge is -1.92. The van der Waals surface area contributed by atoms with Gasteiger partial charge >= 0.3 is 0 Å². The molecule has 0 amide bonds. The summed E-state index contributed by atoms with van der Waals surface area (Å²) < 4.78 is 29.2. The molecule has 0 bridgehead atoms. The van der Waals surface area contributed by atoms with Crippen LogP contribution >= 0.6 is 0 Å². The quantitative estimate of drug-likeness (QED) is 0.693. The van der Waals surface area contributed by atoms with Gasteiger partial charge in [-0.15, -0.1) is 0 Å². The maximum atomic E-state index is 10.4. The van der Waals surface area contributed by atoms with Crippen LogP contribution in [-0.4, -0.2) is 13.0 Å². The van der Waals surface area contributed by atoms with Gasteiger partial charge in [-0.2, -0.15) is 8.42 Å². The lowest BCUT2D eigenvalue weighted by Crippen LogP contribution is -1.96. The van der Waals surface area contributed by atoms with E-state index in [0.717, 1.165) is 0 Å². The Hall–Kier alpha value is -2.17. The zero-order valence-corrected chi connectivity index (χ0v) is 11.5. The Morgan fingerprint density at radius 3 is 1.25 bits per heavy atom. The fourth-order valence-corrected chi connectivity index (χ4v) is 2.23. The number of hydrogen-bond donors (Lipinski definition) is 1. The molecule has 3 aromatic carbocycles. The van der Waals surface area contributed by atoms with Crippen molar-refractivity contribution in [2.75, 3.05) is 0 Å². The summed E-state index contributed by atoms with van der Waals surface area (Å²) in [4.78, 5) is -0.0741. The van der Waals surface area contributed by atoms with Crippen molar-refractivity contribution in [1.29, 1.82) is 0 Å². The maximum Gasteiger partial charge on any atom is 0.294 e. The van der Waals surface area contributed by atoms with Gasteiger partial charge in [0.15, 0.2) is 0 Å². The molecular weight excluding hydrogens is 272 g/mol. The van der Waals surface area contributed by atoms with Crippen LogP contribution in [0.2, 0.25) is 0 Å². The van der Waals surface area contributed by atoms with E-state index in [1.54, 1.807) is 18.2 Å². The first kappa shape index (κ1) is 14.2. The predicted molar refractivity (Wildman–Crippen MR) is 80.2 cm³/mol. The molecule has 0 aliphatic heterocycles. The molecule has 0 radical (unpaired) electrons. The number of benzene rings is 3. The first-order chi connectivity index (χ1) is 9.57. The van der Waals surface area contributed by atoms with Crippen LogP contribution in [0.1, 0.15) is 0 Å². The Morgan fingerprint density at radius 1 is 0.600 bits per heavy atom. The van der Waals surface area contributed by atoms with E-state index in [1.165, 1.54) is 22.9 Å². The molecule has 1 N–H and O–H groups in total. The minimum Gasteiger partial charge on any atom is -0.282 e. The molecule has 0 heterocycles. The van der Waals surface area contributed by atoms with Crippen LogP contribution in [0.25, 0.3) is 10.8 Å². The fraction of sp³-hybridized carbons (Fsp3) is 0. The van der Waals surface area contributed by atoms with Crippen molar-refractivity contribution in [1.82, 2.24) is 0 Å². The van der Waals surface area contributed by atoms with Gasteiger partial charge in [0, 0.05) is 0 Å². The predicted octanol–water partition coefficient (Wildman–Crippen LogP) is 3.77. The third-order valence-electron chi connectivity index (χ3n) is 2.70. The molecule has 0 aliphatic rings. The van der Waals surface area contributed by atoms with Gasteiger partial charge in [0.1, 0.15) is 0 Å². The van der Waals surface area contributed by atoms with E-state index in [2.05, 4.69) is 48.5 Å². The van der Waals surface area contributed by atoms with E-state index in [-0.39, 0.29) is 4.90 Å². The summed E-state index contributed by atoms with van der Waals surface area (Å²) in [6.07, 6.45) is 0. The average molecular weight is 286 g/mol. The molecular formula is C16H14O3S. The summed E-state index contributed by atoms with van der Waals surface area (Å²) in [6.45, 7) is 0. The Morgan fingerprint density at radius 2 is 0.950 bits per heavy atom. The van der Waals surface area contributed by atoms with Gasteiger partial charge in [0.05, 0.1) is 4.90 Å². The topological polar surface area (TPSA) is 54.4 Å². The van der Waals surface area contributed by atoms with Crippen molar-refractivity contribution >= 4 is 20.9 Å². The lowest BCUT2D eigenvalue weighted by molar-refractivity contribution is 0.483. The number of rotatable bonds is 1. The standard InChI is InChI=1S/C10H8.C6H6O3S/c1-2-6-10-8-4-3-7-9(10)5-1;7-10(8,9)6-4-2-1-3-5-6/h1-8H;1-5H,(H,7,8,9). The van der Waals surface area contributed by atoms with Crippen molar-refractivity contribution < 1.29 is 13.0 Å². The normalized spacial score (nSPS) is 10.7. The molecule has 3 aromatic rings. The molecule has 0 spiro atoms. The van der Waals surface area contributed by atoms with E-state index in [9.17, 15) is 8.42 Å². The van der Waals surface area contributed by atoms with Crippen LogP contribution in [0.15, 0.2) is 83.8 Å². The van der Waals surface area contributed by atoms with Crippen LogP contribution in [0.3, 0.4) is 0 Å². The third kappa shape index (κ3) is 3.91. The van der Waals surface area contributed by atoms with Gasteiger partial charge in [-0.05, 0) is 22.9 Å². The maximum absolute atomic E-state index is 10.4. The zero-order valence-electron chi connectivity index (χ0n) is 10.7. The molecule has 102 valence electrons. The highest BCUT2D eigenvalue weighted by Gasteiger charge is 2.05. The molecule has 0 unspecified atom stereocenters. The van der Waals surface area contributed by atoms with E-state index in [1.807, 2.05) is 0 Å². The van der Waals surface area contributed by atoms with Gasteiger partial charge < -0.3 is 0 Å². The highest BCUT2D eigenvalue weighted by atomic mass is 32.2. The smallest absolute Gasteiger partial charge is 0.282 e. The van der Waals surface area contributed by atoms with E-state index in [0.29, 0.717) is 0 Å². The number of fused-ring (bicyclic) bond motifs is 1. The largest absolute Gasteiger partial charge is 0.294 e. The second kappa shape index (κ2) is 6.32. The highest BCUT2D eigenvalue weighted by molar-refractivity contribution is 7.85. The van der Waals surface area contributed by atoms with Crippen molar-refractivity contribution in [3.8, 4) is 0 Å². The number of hydrogen-bond acceptors (Lipinski definition) is 2. The summed E-state index contributed by atoms with van der Waals surface area (Å²) in [5.74, 6) is 0. The molecule has 20 heavy (non-hydrogen) atoms. The highest BCUT2D eigenvalue weighted by Crippen LogP contribution is 2.11. The van der Waals surface area contributed by atoms with E-state index >= 15 is 0 Å². The van der Waals surface area contributed by atoms with Crippen LogP contribution in [0.5, 0.6) is 0 Å². The zero-order chi connectivity index (χ0) is 14.4. The minimum atomic E-state index is -4.00. The molecule has 3 nitrogen and oxygen atoms in total. The summed E-state index contributed by atoms with van der Waals surface area (Å²) in [5.41, 5.74) is 0. The van der Waals surface area contributed by atoms with Crippen molar-refractivity contribution in [2.45, 2.75) is 4.90 Å². The monoisotopic (exact) mass is 286 g/mol. The summed E-state index contributed by atoms with van der Waals surface area (Å²) in [7, 11) is -4.00. The molecule has 0 saturated carbocycles. The molecule has 0 atom stereocenters. The van der Waals surface area contributed by atoms with Gasteiger partial charge in [0.2, 0.25) is 0 Å². The third-order valence-corrected chi connectivity index (χ3v) is 3.57. The Labute approximate surface area is 118 Å². The molecule has 3 rings (SSSR count). The second-order valence-electron chi connectivity index (χ2n) is 4.14.